The van der Waals surface area contributed by atoms with Crippen molar-refractivity contribution in [3.05, 3.63) is 63.4 Å². The molecule has 3 atom stereocenters. The summed E-state index contributed by atoms with van der Waals surface area (Å²) >= 11 is 7.46. The second kappa shape index (κ2) is 7.90. The Hall–Kier alpha value is -2.80. The number of benzene rings is 2. The largest absolute Gasteiger partial charge is 0.354 e. The first-order valence-corrected chi connectivity index (χ1v) is 12.5. The minimum absolute atomic E-state index is 0.0465. The van der Waals surface area contributed by atoms with E-state index in [1.807, 2.05) is 5.01 Å². The Kier molecular flexibility index (Phi) is 5.27. The van der Waals surface area contributed by atoms with Crippen LogP contribution in [-0.2, 0) is 14.8 Å². The number of anilines is 3. The zero-order valence-electron chi connectivity index (χ0n) is 16.9. The lowest BCUT2D eigenvalue weighted by Crippen LogP contribution is -2.82. The maximum atomic E-state index is 14.8. The van der Waals surface area contributed by atoms with Crippen LogP contribution in [0.5, 0.6) is 0 Å². The summed E-state index contributed by atoms with van der Waals surface area (Å²) in [6.45, 7) is 2.15. The number of carbonyl (C=O) groups excluding carboxylic acids is 1. The second-order valence-corrected chi connectivity index (χ2v) is 10.4. The van der Waals surface area contributed by atoms with Crippen LogP contribution in [-0.4, -0.2) is 41.9 Å². The Balaban J connectivity index is 1.43. The molecule has 3 fully saturated rings. The molecule has 3 aliphatic heterocycles. The number of hydrogen-bond acceptors (Lipinski definition) is 7. The maximum absolute atomic E-state index is 14.8. The van der Waals surface area contributed by atoms with E-state index >= 15 is 0 Å². The van der Waals surface area contributed by atoms with Crippen molar-refractivity contribution >= 4 is 56.1 Å². The summed E-state index contributed by atoms with van der Waals surface area (Å²) < 4.78 is 56.1. The van der Waals surface area contributed by atoms with Crippen LogP contribution in [0.1, 0.15) is 18.5 Å². The van der Waals surface area contributed by atoms with Crippen LogP contribution in [0.15, 0.2) is 46.1 Å². The summed E-state index contributed by atoms with van der Waals surface area (Å²) in [5.74, 6) is -1.50. The molecule has 33 heavy (non-hydrogen) atoms. The standard InChI is InChI=1S/C20H16ClF2N5O3S2/c1-10(29)28-17-7-27(28)20(17)12-4-11(22)2-3-15(12)25-16-6-14(23)18(5-13(16)21)33(30,31)26-19-8-32-9-24-19/h2-6,8-9,17,20,25-26H,7H2,1H3. The van der Waals surface area contributed by atoms with Gasteiger partial charge in [-0.1, -0.05) is 11.6 Å². The third kappa shape index (κ3) is 3.72. The molecular weight excluding hydrogens is 496 g/mol. The Labute approximate surface area is 196 Å². The molecule has 172 valence electrons. The van der Waals surface area contributed by atoms with E-state index in [1.54, 1.807) is 5.01 Å². The fourth-order valence-corrected chi connectivity index (χ4v) is 5.95. The predicted octanol–water partition coefficient (Wildman–Crippen LogP) is 4.12. The first-order valence-electron chi connectivity index (χ1n) is 9.68. The van der Waals surface area contributed by atoms with Gasteiger partial charge in [-0.25, -0.2) is 27.2 Å². The highest BCUT2D eigenvalue weighted by Gasteiger charge is 2.60. The molecule has 1 amide bonds. The van der Waals surface area contributed by atoms with Crippen molar-refractivity contribution < 1.29 is 22.0 Å². The molecule has 0 saturated carbocycles. The Morgan fingerprint density at radius 1 is 1.24 bits per heavy atom. The van der Waals surface area contributed by atoms with Gasteiger partial charge in [0.2, 0.25) is 5.91 Å². The summed E-state index contributed by atoms with van der Waals surface area (Å²) in [5.41, 5.74) is 2.60. The summed E-state index contributed by atoms with van der Waals surface area (Å²) in [5, 5.41) is 7.81. The zero-order chi connectivity index (χ0) is 23.5. The minimum Gasteiger partial charge on any atom is -0.354 e. The highest BCUT2D eigenvalue weighted by Crippen LogP contribution is 2.51. The normalized spacial score (nSPS) is 21.2. The molecule has 1 aromatic heterocycles. The van der Waals surface area contributed by atoms with Crippen LogP contribution < -0.4 is 10.0 Å². The van der Waals surface area contributed by atoms with Gasteiger partial charge in [0.15, 0.2) is 5.82 Å². The highest BCUT2D eigenvalue weighted by molar-refractivity contribution is 7.92. The van der Waals surface area contributed by atoms with Gasteiger partial charge in [0, 0.05) is 30.6 Å². The van der Waals surface area contributed by atoms with Crippen LogP contribution >= 0.6 is 22.9 Å². The van der Waals surface area contributed by atoms with Crippen LogP contribution in [0, 0.1) is 11.6 Å². The van der Waals surface area contributed by atoms with E-state index in [4.69, 9.17) is 11.6 Å². The molecule has 0 aliphatic carbocycles. The molecule has 6 rings (SSSR count). The van der Waals surface area contributed by atoms with Gasteiger partial charge in [0.25, 0.3) is 10.0 Å². The quantitative estimate of drug-likeness (QED) is 0.517. The summed E-state index contributed by atoms with van der Waals surface area (Å²) in [7, 11) is -4.25. The number of nitrogens with one attached hydrogen (secondary N) is 2. The van der Waals surface area contributed by atoms with E-state index < -0.39 is 26.6 Å². The van der Waals surface area contributed by atoms with Crippen molar-refractivity contribution in [1.82, 2.24) is 15.0 Å². The molecule has 3 aliphatic rings. The van der Waals surface area contributed by atoms with Gasteiger partial charge in [-0.2, -0.15) is 0 Å². The van der Waals surface area contributed by atoms with Crippen LogP contribution in [0.2, 0.25) is 5.02 Å². The van der Waals surface area contributed by atoms with Crippen LogP contribution in [0.4, 0.5) is 26.0 Å². The number of hydrazine groups is 1. The number of hydrogen-bond donors (Lipinski definition) is 2. The molecular formula is C20H16ClF2N5O3S2. The molecule has 8 nitrogen and oxygen atoms in total. The van der Waals surface area contributed by atoms with Crippen molar-refractivity contribution in [3.63, 3.8) is 0 Å². The molecule has 3 saturated heterocycles. The first-order chi connectivity index (χ1) is 15.7. The lowest BCUT2D eigenvalue weighted by Gasteiger charge is -2.68. The molecule has 3 unspecified atom stereocenters. The van der Waals surface area contributed by atoms with Gasteiger partial charge in [0.1, 0.15) is 16.5 Å². The third-order valence-corrected chi connectivity index (χ3v) is 7.83. The average Bonchev–Trinajstić information content (AvgIpc) is 3.16. The van der Waals surface area contributed by atoms with E-state index in [0.717, 1.165) is 12.1 Å². The number of aromatic nitrogens is 1. The van der Waals surface area contributed by atoms with Crippen molar-refractivity contribution in [3.8, 4) is 0 Å². The highest BCUT2D eigenvalue weighted by atomic mass is 35.5. The number of carbonyl (C=O) groups is 1. The summed E-state index contributed by atoms with van der Waals surface area (Å²) in [6.07, 6.45) is 0. The van der Waals surface area contributed by atoms with Crippen molar-refractivity contribution in [2.45, 2.75) is 23.9 Å². The molecule has 3 aromatic rings. The average molecular weight is 512 g/mol. The number of nitrogens with zero attached hydrogens (tertiary/aromatic N) is 3. The molecule has 2 aromatic carbocycles. The Morgan fingerprint density at radius 3 is 2.64 bits per heavy atom. The van der Waals surface area contributed by atoms with E-state index in [2.05, 4.69) is 15.0 Å². The van der Waals surface area contributed by atoms with Gasteiger partial charge in [-0.15, -0.1) is 11.3 Å². The number of sulfonamides is 1. The van der Waals surface area contributed by atoms with Crippen LogP contribution in [0.25, 0.3) is 0 Å². The van der Waals surface area contributed by atoms with Gasteiger partial charge < -0.3 is 5.32 Å². The molecule has 2 N–H and O–H groups in total. The second-order valence-electron chi connectivity index (χ2n) is 7.60. The molecule has 13 heteroatoms. The van der Waals surface area contributed by atoms with Crippen molar-refractivity contribution in [2.24, 2.45) is 0 Å². The Bertz CT molecular complexity index is 1360. The van der Waals surface area contributed by atoms with Crippen molar-refractivity contribution in [1.29, 1.82) is 0 Å². The minimum atomic E-state index is -4.25. The summed E-state index contributed by atoms with van der Waals surface area (Å²) in [6, 6.07) is 5.79. The van der Waals surface area contributed by atoms with E-state index in [-0.39, 0.29) is 34.5 Å². The molecule has 0 radical (unpaired) electrons. The van der Waals surface area contributed by atoms with Crippen molar-refractivity contribution in [2.75, 3.05) is 16.6 Å². The van der Waals surface area contributed by atoms with Crippen LogP contribution in [0.3, 0.4) is 0 Å². The van der Waals surface area contributed by atoms with Gasteiger partial charge in [0.05, 0.1) is 28.3 Å². The molecule has 0 spiro atoms. The molecule has 4 heterocycles. The lowest BCUT2D eigenvalue weighted by molar-refractivity contribution is -0.302. The molecule has 2 bridgehead atoms. The van der Waals surface area contributed by atoms with E-state index in [0.29, 0.717) is 17.8 Å². The van der Waals surface area contributed by atoms with Gasteiger partial charge in [-0.05, 0) is 29.8 Å². The number of halogens is 3. The van der Waals surface area contributed by atoms with Gasteiger partial charge >= 0.3 is 0 Å². The SMILES string of the molecule is CC(=O)N1C2CN1C2c1cc(F)ccc1Nc1cc(F)c(S(=O)(=O)Nc2cscn2)cc1Cl. The Morgan fingerprint density at radius 2 is 2.00 bits per heavy atom. The lowest BCUT2D eigenvalue weighted by atomic mass is 9.83. The van der Waals surface area contributed by atoms with E-state index in [1.165, 1.54) is 47.4 Å². The predicted molar refractivity (Wildman–Crippen MR) is 120 cm³/mol. The first kappa shape index (κ1) is 22.0. The monoisotopic (exact) mass is 511 g/mol. The maximum Gasteiger partial charge on any atom is 0.266 e. The topological polar surface area (TPSA) is 94.6 Å². The number of amides is 1. The van der Waals surface area contributed by atoms with Gasteiger partial charge in [-0.3, -0.25) is 14.5 Å². The smallest absolute Gasteiger partial charge is 0.266 e. The zero-order valence-corrected chi connectivity index (χ0v) is 19.3. The fraction of sp³-hybridized carbons (Fsp3) is 0.200. The van der Waals surface area contributed by atoms with E-state index in [9.17, 15) is 22.0 Å². The number of rotatable bonds is 6. The number of thiazole rings is 1. The third-order valence-electron chi connectivity index (χ3n) is 5.56. The fourth-order valence-electron chi connectivity index (χ4n) is 4.03. The summed E-state index contributed by atoms with van der Waals surface area (Å²) in [4.78, 5) is 14.9.